The molecule has 0 aliphatic heterocycles. The summed E-state index contributed by atoms with van der Waals surface area (Å²) in [6, 6.07) is 6.61. The van der Waals surface area contributed by atoms with Gasteiger partial charge in [0.25, 0.3) is 12.3 Å². The summed E-state index contributed by atoms with van der Waals surface area (Å²) in [6.07, 6.45) is 2.09. The van der Waals surface area contributed by atoms with E-state index >= 15 is 0 Å². The molecule has 12 heteroatoms. The fourth-order valence-corrected chi connectivity index (χ4v) is 3.73. The topological polar surface area (TPSA) is 103 Å². The summed E-state index contributed by atoms with van der Waals surface area (Å²) in [6.45, 7) is 3.81. The summed E-state index contributed by atoms with van der Waals surface area (Å²) < 4.78 is 45.1. The average molecular weight is 482 g/mol. The number of hydrogen-bond acceptors (Lipinski definition) is 6. The van der Waals surface area contributed by atoms with Crippen molar-refractivity contribution in [1.82, 2.24) is 34.7 Å². The molecule has 1 aliphatic carbocycles. The Morgan fingerprint density at radius 1 is 1.20 bits per heavy atom. The number of pyridine rings is 1. The Morgan fingerprint density at radius 3 is 2.71 bits per heavy atom. The van der Waals surface area contributed by atoms with E-state index in [1.807, 2.05) is 13.8 Å². The summed E-state index contributed by atoms with van der Waals surface area (Å²) in [7, 11) is 0. The van der Waals surface area contributed by atoms with Gasteiger partial charge in [-0.1, -0.05) is 6.07 Å². The molecule has 0 bridgehead atoms. The minimum absolute atomic E-state index is 0.0104. The number of amides is 1. The van der Waals surface area contributed by atoms with Gasteiger partial charge in [0.05, 0.1) is 29.3 Å². The number of nitrogens with zero attached hydrogens (tertiary/aromatic N) is 7. The highest BCUT2D eigenvalue weighted by atomic mass is 19.3. The number of aromatic nitrogens is 7. The summed E-state index contributed by atoms with van der Waals surface area (Å²) in [5.41, 5.74) is 0.250. The van der Waals surface area contributed by atoms with Gasteiger partial charge in [-0.25, -0.2) is 27.8 Å². The van der Waals surface area contributed by atoms with Crippen LogP contribution in [0.25, 0.3) is 17.2 Å². The molecular formula is C23H21F3N8O. The molecule has 1 fully saturated rings. The normalized spacial score (nSPS) is 13.6. The Labute approximate surface area is 198 Å². The van der Waals surface area contributed by atoms with Gasteiger partial charge in [-0.2, -0.15) is 0 Å². The van der Waals surface area contributed by atoms with E-state index in [1.165, 1.54) is 17.0 Å². The molecule has 0 saturated heterocycles. The van der Waals surface area contributed by atoms with Gasteiger partial charge in [-0.15, -0.1) is 5.10 Å². The van der Waals surface area contributed by atoms with Gasteiger partial charge in [0.1, 0.15) is 17.3 Å². The maximum atomic E-state index is 14.8. The van der Waals surface area contributed by atoms with Gasteiger partial charge in [0.2, 0.25) is 5.82 Å². The first-order valence-electron chi connectivity index (χ1n) is 11.0. The second-order valence-corrected chi connectivity index (χ2v) is 8.57. The number of hydrogen-bond donors (Lipinski definition) is 1. The quantitative estimate of drug-likeness (QED) is 0.409. The predicted molar refractivity (Wildman–Crippen MR) is 120 cm³/mol. The third kappa shape index (κ3) is 4.51. The summed E-state index contributed by atoms with van der Waals surface area (Å²) in [5, 5.41) is 14.1. The van der Waals surface area contributed by atoms with Crippen molar-refractivity contribution >= 4 is 11.7 Å². The number of nitrogens with one attached hydrogen (secondary N) is 1. The molecule has 1 N–H and O–H groups in total. The number of anilines is 1. The largest absolute Gasteiger partial charge is 0.306 e. The van der Waals surface area contributed by atoms with Crippen LogP contribution in [0.15, 0.2) is 42.9 Å². The van der Waals surface area contributed by atoms with Crippen LogP contribution in [-0.4, -0.2) is 40.6 Å². The molecule has 3 heterocycles. The van der Waals surface area contributed by atoms with E-state index in [-0.39, 0.29) is 17.5 Å². The van der Waals surface area contributed by atoms with E-state index in [4.69, 9.17) is 0 Å². The molecule has 0 atom stereocenters. The molecular weight excluding hydrogens is 461 g/mol. The predicted octanol–water partition coefficient (Wildman–Crippen LogP) is 4.71. The molecule has 1 aromatic carbocycles. The molecule has 0 spiro atoms. The van der Waals surface area contributed by atoms with E-state index < -0.39 is 29.3 Å². The minimum atomic E-state index is -2.94. The van der Waals surface area contributed by atoms with Gasteiger partial charge in [0, 0.05) is 17.7 Å². The molecule has 3 aromatic heterocycles. The van der Waals surface area contributed by atoms with Crippen molar-refractivity contribution < 1.29 is 18.0 Å². The van der Waals surface area contributed by atoms with E-state index in [0.717, 1.165) is 24.6 Å². The molecule has 1 aliphatic rings. The van der Waals surface area contributed by atoms with Crippen molar-refractivity contribution in [3.8, 4) is 17.2 Å². The highest BCUT2D eigenvalue weighted by molar-refractivity contribution is 6.04. The fourth-order valence-electron chi connectivity index (χ4n) is 3.73. The molecule has 1 saturated carbocycles. The van der Waals surface area contributed by atoms with Gasteiger partial charge < -0.3 is 9.88 Å². The lowest BCUT2D eigenvalue weighted by molar-refractivity contribution is 0.102. The Morgan fingerprint density at radius 2 is 2.00 bits per heavy atom. The lowest BCUT2D eigenvalue weighted by atomic mass is 10.1. The number of carbonyl (C=O) groups excluding carboxylic acids is 1. The Kier molecular flexibility index (Phi) is 5.79. The third-order valence-electron chi connectivity index (χ3n) is 5.67. The first-order valence-corrected chi connectivity index (χ1v) is 11.0. The van der Waals surface area contributed by atoms with Crippen LogP contribution < -0.4 is 5.32 Å². The van der Waals surface area contributed by atoms with Crippen molar-refractivity contribution in [1.29, 1.82) is 0 Å². The molecule has 0 unspecified atom stereocenters. The van der Waals surface area contributed by atoms with Crippen LogP contribution in [0, 0.1) is 5.82 Å². The monoisotopic (exact) mass is 482 g/mol. The maximum absolute atomic E-state index is 14.8. The number of rotatable bonds is 7. The van der Waals surface area contributed by atoms with E-state index in [9.17, 15) is 18.0 Å². The zero-order chi connectivity index (χ0) is 24.7. The van der Waals surface area contributed by atoms with Crippen molar-refractivity contribution in [2.75, 3.05) is 5.32 Å². The van der Waals surface area contributed by atoms with Gasteiger partial charge >= 0.3 is 0 Å². The third-order valence-corrected chi connectivity index (χ3v) is 5.67. The van der Waals surface area contributed by atoms with Crippen LogP contribution in [0.2, 0.25) is 0 Å². The fraction of sp³-hybridized carbons (Fsp3) is 0.304. The highest BCUT2D eigenvalue weighted by Gasteiger charge is 2.27. The second kappa shape index (κ2) is 8.93. The molecule has 5 rings (SSSR count). The first kappa shape index (κ1) is 22.7. The Bertz CT molecular complexity index is 1390. The van der Waals surface area contributed by atoms with Crippen LogP contribution in [0.1, 0.15) is 66.7 Å². The van der Waals surface area contributed by atoms with Gasteiger partial charge in [-0.3, -0.25) is 4.79 Å². The molecule has 1 amide bonds. The van der Waals surface area contributed by atoms with Crippen LogP contribution in [0.4, 0.5) is 19.0 Å². The Balaban J connectivity index is 1.46. The lowest BCUT2D eigenvalue weighted by Crippen LogP contribution is -2.16. The van der Waals surface area contributed by atoms with E-state index in [1.54, 1.807) is 23.0 Å². The lowest BCUT2D eigenvalue weighted by Gasteiger charge is -2.13. The highest BCUT2D eigenvalue weighted by Crippen LogP contribution is 2.39. The summed E-state index contributed by atoms with van der Waals surface area (Å²) in [5.74, 6) is -1.06. The zero-order valence-electron chi connectivity index (χ0n) is 18.9. The van der Waals surface area contributed by atoms with Crippen molar-refractivity contribution in [3.63, 3.8) is 0 Å². The molecule has 9 nitrogen and oxygen atoms in total. The average Bonchev–Trinajstić information content (AvgIpc) is 3.34. The first-order chi connectivity index (χ1) is 16.8. The molecule has 180 valence electrons. The van der Waals surface area contributed by atoms with E-state index in [0.29, 0.717) is 23.5 Å². The SMILES string of the molecule is CC(C)n1nnnc1-c1cccc(NC(=O)c2cc(-n3cnc(C4CC4)c3)c(C(F)F)cc2F)n1. The van der Waals surface area contributed by atoms with Gasteiger partial charge in [-0.05, 0) is 61.4 Å². The van der Waals surface area contributed by atoms with Crippen molar-refractivity contribution in [2.45, 2.75) is 45.1 Å². The number of tetrazole rings is 1. The number of imidazole rings is 1. The summed E-state index contributed by atoms with van der Waals surface area (Å²) >= 11 is 0. The second-order valence-electron chi connectivity index (χ2n) is 8.57. The summed E-state index contributed by atoms with van der Waals surface area (Å²) in [4.78, 5) is 21.6. The number of benzene rings is 1. The number of halogens is 3. The minimum Gasteiger partial charge on any atom is -0.306 e. The maximum Gasteiger partial charge on any atom is 0.265 e. The molecule has 4 aromatic rings. The van der Waals surface area contributed by atoms with Crippen LogP contribution >= 0.6 is 0 Å². The molecule has 35 heavy (non-hydrogen) atoms. The number of alkyl halides is 2. The van der Waals surface area contributed by atoms with Crippen LogP contribution in [0.5, 0.6) is 0 Å². The van der Waals surface area contributed by atoms with Crippen molar-refractivity contribution in [3.05, 3.63) is 65.5 Å². The van der Waals surface area contributed by atoms with Crippen LogP contribution in [0.3, 0.4) is 0 Å². The zero-order valence-corrected chi connectivity index (χ0v) is 18.9. The number of carbonyl (C=O) groups is 1. The Hall–Kier alpha value is -4.09. The van der Waals surface area contributed by atoms with Crippen molar-refractivity contribution in [2.24, 2.45) is 0 Å². The smallest absolute Gasteiger partial charge is 0.265 e. The van der Waals surface area contributed by atoms with Gasteiger partial charge in [0.15, 0.2) is 0 Å². The van der Waals surface area contributed by atoms with Crippen LogP contribution in [-0.2, 0) is 0 Å². The van der Waals surface area contributed by atoms with E-state index in [2.05, 4.69) is 30.8 Å². The standard InChI is InChI=1S/C23H21F3N8O/c1-12(2)34-22(30-31-32-34)17-4-3-5-20(28-17)29-23(35)14-9-19(15(21(25)26)8-16(14)24)33-10-18(27-11-33)13-6-7-13/h3-5,8-13,21H,6-7H2,1-2H3,(H,28,29,35). The molecule has 0 radical (unpaired) electrons.